The fourth-order valence-corrected chi connectivity index (χ4v) is 2.53. The number of aliphatic hydroxyl groups is 1. The van der Waals surface area contributed by atoms with E-state index in [-0.39, 0.29) is 37.9 Å². The second-order valence-corrected chi connectivity index (χ2v) is 7.01. The first kappa shape index (κ1) is 20.9. The van der Waals surface area contributed by atoms with Gasteiger partial charge in [-0.05, 0) is 48.9 Å². The fraction of sp³-hybridized carbons (Fsp3) is 0.300. The number of ether oxygens (including phenoxy) is 1. The molecule has 0 aliphatic heterocycles. The number of aliphatic hydroxyl groups excluding tert-OH is 1. The molecule has 7 heteroatoms. The zero-order valence-corrected chi connectivity index (χ0v) is 16.7. The number of carbonyl (C=O) groups is 2. The number of hydrogen-bond donors (Lipinski definition) is 3. The highest BCUT2D eigenvalue weighted by Crippen LogP contribution is 2.12. The molecule has 2 rings (SSSR count). The van der Waals surface area contributed by atoms with Crippen LogP contribution in [0.4, 0.5) is 0 Å². The lowest BCUT2D eigenvalue weighted by atomic mass is 10.2. The molecule has 2 amide bonds. The lowest BCUT2D eigenvalue weighted by Gasteiger charge is -2.13. The summed E-state index contributed by atoms with van der Waals surface area (Å²) in [5.74, 6) is 0.193. The van der Waals surface area contributed by atoms with Gasteiger partial charge in [0.25, 0.3) is 5.91 Å². The summed E-state index contributed by atoms with van der Waals surface area (Å²) in [6.45, 7) is 2.35. The summed E-state index contributed by atoms with van der Waals surface area (Å²) in [5.41, 5.74) is 1.60. The first-order valence-electron chi connectivity index (χ1n) is 8.62. The molecule has 0 saturated carbocycles. The maximum Gasteiger partial charge on any atom is 0.251 e. The Morgan fingerprint density at radius 3 is 2.59 bits per heavy atom. The number of hydrogen-bond acceptors (Lipinski definition) is 4. The van der Waals surface area contributed by atoms with Crippen LogP contribution in [-0.4, -0.2) is 42.7 Å². The van der Waals surface area contributed by atoms with E-state index in [0.717, 1.165) is 10.0 Å². The minimum Gasteiger partial charge on any atom is -0.491 e. The number of nitrogens with one attached hydrogen (secondary N) is 2. The molecule has 1 unspecified atom stereocenters. The number of halogens is 1. The van der Waals surface area contributed by atoms with Gasteiger partial charge < -0.3 is 20.5 Å². The van der Waals surface area contributed by atoms with Crippen LogP contribution in [-0.2, 0) is 4.79 Å². The highest BCUT2D eigenvalue weighted by Gasteiger charge is 2.10. The van der Waals surface area contributed by atoms with Gasteiger partial charge in [0.1, 0.15) is 18.5 Å². The van der Waals surface area contributed by atoms with Gasteiger partial charge in [-0.15, -0.1) is 0 Å². The molecule has 0 aliphatic rings. The van der Waals surface area contributed by atoms with Gasteiger partial charge in [0.05, 0.1) is 0 Å². The third-order valence-electron chi connectivity index (χ3n) is 3.71. The SMILES string of the molecule is Cc1cccc(OCC(O)CNC(=O)CCNC(=O)c2ccc(Br)cc2)c1. The second-order valence-electron chi connectivity index (χ2n) is 6.10. The van der Waals surface area contributed by atoms with Crippen LogP contribution in [0.2, 0.25) is 0 Å². The van der Waals surface area contributed by atoms with Crippen molar-refractivity contribution in [3.63, 3.8) is 0 Å². The van der Waals surface area contributed by atoms with Crippen LogP contribution in [0.3, 0.4) is 0 Å². The maximum absolute atomic E-state index is 11.9. The summed E-state index contributed by atoms with van der Waals surface area (Å²) >= 11 is 3.31. The van der Waals surface area contributed by atoms with Gasteiger partial charge in [-0.1, -0.05) is 28.1 Å². The number of rotatable bonds is 9. The van der Waals surface area contributed by atoms with E-state index in [1.54, 1.807) is 24.3 Å². The van der Waals surface area contributed by atoms with Crippen LogP contribution in [0.1, 0.15) is 22.3 Å². The molecule has 0 radical (unpaired) electrons. The zero-order valence-electron chi connectivity index (χ0n) is 15.1. The molecule has 0 spiro atoms. The van der Waals surface area contributed by atoms with Crippen molar-refractivity contribution in [1.82, 2.24) is 10.6 Å². The normalized spacial score (nSPS) is 11.5. The molecule has 0 saturated heterocycles. The van der Waals surface area contributed by atoms with E-state index in [1.165, 1.54) is 0 Å². The molecular formula is C20H23BrN2O4. The van der Waals surface area contributed by atoms with Crippen LogP contribution < -0.4 is 15.4 Å². The van der Waals surface area contributed by atoms with Crippen molar-refractivity contribution < 1.29 is 19.4 Å². The van der Waals surface area contributed by atoms with E-state index in [9.17, 15) is 14.7 Å². The summed E-state index contributed by atoms with van der Waals surface area (Å²) in [5, 5.41) is 15.2. The average Bonchev–Trinajstić information content (AvgIpc) is 2.65. The Labute approximate surface area is 167 Å². The molecule has 144 valence electrons. The highest BCUT2D eigenvalue weighted by atomic mass is 79.9. The van der Waals surface area contributed by atoms with Crippen molar-refractivity contribution in [2.75, 3.05) is 19.7 Å². The standard InChI is InChI=1S/C20H23BrN2O4/c1-14-3-2-4-18(11-14)27-13-17(24)12-23-19(25)9-10-22-20(26)15-5-7-16(21)8-6-15/h2-8,11,17,24H,9-10,12-13H2,1H3,(H,22,26)(H,23,25). The van der Waals surface area contributed by atoms with Gasteiger partial charge in [-0.2, -0.15) is 0 Å². The van der Waals surface area contributed by atoms with Crippen LogP contribution >= 0.6 is 15.9 Å². The monoisotopic (exact) mass is 434 g/mol. The highest BCUT2D eigenvalue weighted by molar-refractivity contribution is 9.10. The van der Waals surface area contributed by atoms with Gasteiger partial charge in [0.15, 0.2) is 0 Å². The van der Waals surface area contributed by atoms with Gasteiger partial charge in [-0.3, -0.25) is 9.59 Å². The first-order valence-corrected chi connectivity index (χ1v) is 9.41. The summed E-state index contributed by atoms with van der Waals surface area (Å²) < 4.78 is 6.38. The maximum atomic E-state index is 11.9. The molecule has 0 aromatic heterocycles. The molecule has 2 aromatic carbocycles. The minimum absolute atomic E-state index is 0.0873. The smallest absolute Gasteiger partial charge is 0.251 e. The molecule has 6 nitrogen and oxygen atoms in total. The van der Waals surface area contributed by atoms with Crippen LogP contribution in [0, 0.1) is 6.92 Å². The molecule has 0 aliphatic carbocycles. The van der Waals surface area contributed by atoms with Crippen LogP contribution in [0.15, 0.2) is 53.0 Å². The summed E-state index contributed by atoms with van der Waals surface area (Å²) in [6, 6.07) is 14.5. The topological polar surface area (TPSA) is 87.7 Å². The van der Waals surface area contributed by atoms with E-state index in [2.05, 4.69) is 26.6 Å². The van der Waals surface area contributed by atoms with Crippen LogP contribution in [0.5, 0.6) is 5.75 Å². The summed E-state index contributed by atoms with van der Waals surface area (Å²) in [4.78, 5) is 23.7. The van der Waals surface area contributed by atoms with Crippen LogP contribution in [0.25, 0.3) is 0 Å². The first-order chi connectivity index (χ1) is 12.9. The van der Waals surface area contributed by atoms with E-state index < -0.39 is 6.10 Å². The Balaban J connectivity index is 1.61. The Morgan fingerprint density at radius 2 is 1.89 bits per heavy atom. The third kappa shape index (κ3) is 7.80. The van der Waals surface area contributed by atoms with E-state index in [0.29, 0.717) is 11.3 Å². The Kier molecular flexibility index (Phi) is 8.29. The van der Waals surface area contributed by atoms with Gasteiger partial charge >= 0.3 is 0 Å². The predicted octanol–water partition coefficient (Wildman–Crippen LogP) is 2.43. The molecule has 3 N–H and O–H groups in total. The largest absolute Gasteiger partial charge is 0.491 e. The van der Waals surface area contributed by atoms with Gasteiger partial charge in [0, 0.05) is 29.5 Å². The number of amides is 2. The molecule has 0 heterocycles. The van der Waals surface area contributed by atoms with E-state index in [4.69, 9.17) is 4.74 Å². The quantitative estimate of drug-likeness (QED) is 0.565. The lowest BCUT2D eigenvalue weighted by Crippen LogP contribution is -2.37. The average molecular weight is 435 g/mol. The Hall–Kier alpha value is -2.38. The van der Waals surface area contributed by atoms with E-state index >= 15 is 0 Å². The van der Waals surface area contributed by atoms with Crippen molar-refractivity contribution in [1.29, 1.82) is 0 Å². The lowest BCUT2D eigenvalue weighted by molar-refractivity contribution is -0.121. The molecule has 0 fully saturated rings. The Bertz CT molecular complexity index is 765. The zero-order chi connectivity index (χ0) is 19.6. The van der Waals surface area contributed by atoms with Crippen molar-refractivity contribution in [3.8, 4) is 5.75 Å². The van der Waals surface area contributed by atoms with Crippen molar-refractivity contribution >= 4 is 27.7 Å². The van der Waals surface area contributed by atoms with Crippen molar-refractivity contribution in [2.45, 2.75) is 19.4 Å². The third-order valence-corrected chi connectivity index (χ3v) is 4.24. The molecule has 2 aromatic rings. The van der Waals surface area contributed by atoms with Gasteiger partial charge in [0.2, 0.25) is 5.91 Å². The summed E-state index contributed by atoms with van der Waals surface area (Å²) in [7, 11) is 0. The van der Waals surface area contributed by atoms with Crippen molar-refractivity contribution in [2.24, 2.45) is 0 Å². The number of carbonyl (C=O) groups excluding carboxylic acids is 2. The summed E-state index contributed by atoms with van der Waals surface area (Å²) in [6.07, 6.45) is -0.680. The Morgan fingerprint density at radius 1 is 1.15 bits per heavy atom. The van der Waals surface area contributed by atoms with E-state index in [1.807, 2.05) is 31.2 Å². The molecule has 1 atom stereocenters. The predicted molar refractivity (Wildman–Crippen MR) is 107 cm³/mol. The molecular weight excluding hydrogens is 412 g/mol. The number of benzene rings is 2. The second kappa shape index (κ2) is 10.7. The number of aryl methyl sites for hydroxylation is 1. The van der Waals surface area contributed by atoms with Crippen molar-refractivity contribution in [3.05, 3.63) is 64.1 Å². The molecule has 27 heavy (non-hydrogen) atoms. The molecule has 0 bridgehead atoms. The fourth-order valence-electron chi connectivity index (χ4n) is 2.27. The van der Waals surface area contributed by atoms with Gasteiger partial charge in [-0.25, -0.2) is 0 Å². The minimum atomic E-state index is -0.813.